The lowest BCUT2D eigenvalue weighted by Gasteiger charge is -2.26. The molecule has 3 aromatic carbocycles. The molecule has 0 bridgehead atoms. The van der Waals surface area contributed by atoms with Crippen LogP contribution in [0.2, 0.25) is 0 Å². The van der Waals surface area contributed by atoms with Crippen molar-refractivity contribution in [2.45, 2.75) is 51.8 Å². The van der Waals surface area contributed by atoms with Crippen LogP contribution in [-0.4, -0.2) is 85.6 Å². The van der Waals surface area contributed by atoms with E-state index in [1.165, 1.54) is 17.0 Å². The van der Waals surface area contributed by atoms with Crippen LogP contribution in [0.1, 0.15) is 68.9 Å². The molecule has 0 spiro atoms. The third kappa shape index (κ3) is 9.92. The van der Waals surface area contributed by atoms with Crippen molar-refractivity contribution in [1.29, 1.82) is 0 Å². The molecule has 0 saturated heterocycles. The molecule has 9 heteroatoms. The lowest BCUT2D eigenvalue weighted by atomic mass is 9.99. The minimum absolute atomic E-state index is 0.184. The Morgan fingerprint density at radius 3 is 2.05 bits per heavy atom. The van der Waals surface area contributed by atoms with Gasteiger partial charge >= 0.3 is 0 Å². The van der Waals surface area contributed by atoms with Crippen molar-refractivity contribution < 1.29 is 24.2 Å². The molecule has 0 radical (unpaired) electrons. The Balaban J connectivity index is 1.87. The van der Waals surface area contributed by atoms with Crippen LogP contribution in [0.25, 0.3) is 0 Å². The molecular formula is C35H46N4O5. The smallest absolute Gasteiger partial charge is 0.253 e. The molecule has 0 aliphatic carbocycles. The topological polar surface area (TPSA) is 111 Å². The monoisotopic (exact) mass is 602 g/mol. The van der Waals surface area contributed by atoms with Crippen LogP contribution in [0.5, 0.6) is 5.75 Å². The second-order valence-electron chi connectivity index (χ2n) is 11.1. The average molecular weight is 603 g/mol. The van der Waals surface area contributed by atoms with Gasteiger partial charge in [-0.1, -0.05) is 56.3 Å². The number of hydrogen-bond acceptors (Lipinski definition) is 6. The van der Waals surface area contributed by atoms with Crippen molar-refractivity contribution >= 4 is 17.7 Å². The molecule has 9 nitrogen and oxygen atoms in total. The molecule has 0 fully saturated rings. The summed E-state index contributed by atoms with van der Waals surface area (Å²) in [6.07, 6.45) is 1.04. The third-order valence-electron chi connectivity index (χ3n) is 7.27. The highest BCUT2D eigenvalue weighted by Crippen LogP contribution is 2.17. The summed E-state index contributed by atoms with van der Waals surface area (Å²) in [5, 5.41) is 17.5. The predicted molar refractivity (Wildman–Crippen MR) is 173 cm³/mol. The zero-order valence-electron chi connectivity index (χ0n) is 26.5. The summed E-state index contributed by atoms with van der Waals surface area (Å²) in [6, 6.07) is 21.2. The maximum Gasteiger partial charge on any atom is 0.253 e. The molecule has 0 aromatic heterocycles. The number of benzene rings is 3. The number of aliphatic hydroxyl groups excluding tert-OH is 1. The Bertz CT molecular complexity index is 1370. The van der Waals surface area contributed by atoms with Crippen LogP contribution in [0.3, 0.4) is 0 Å². The van der Waals surface area contributed by atoms with Gasteiger partial charge in [0.2, 0.25) is 0 Å². The number of carbonyl (C=O) groups is 3. The molecule has 2 atom stereocenters. The van der Waals surface area contributed by atoms with Crippen LogP contribution < -0.4 is 15.4 Å². The normalized spacial score (nSPS) is 12.2. The van der Waals surface area contributed by atoms with Gasteiger partial charge in [0.1, 0.15) is 5.75 Å². The Hall–Kier alpha value is -4.21. The minimum Gasteiger partial charge on any atom is -0.497 e. The van der Waals surface area contributed by atoms with Crippen molar-refractivity contribution in [1.82, 2.24) is 20.4 Å². The van der Waals surface area contributed by atoms with E-state index in [2.05, 4.69) is 10.6 Å². The number of hydrogen-bond donors (Lipinski definition) is 3. The quantitative estimate of drug-likeness (QED) is 0.227. The zero-order valence-corrected chi connectivity index (χ0v) is 26.5. The summed E-state index contributed by atoms with van der Waals surface area (Å²) < 4.78 is 5.30. The Kier molecular flexibility index (Phi) is 13.4. The van der Waals surface area contributed by atoms with E-state index in [1.54, 1.807) is 32.2 Å². The number of aliphatic hydroxyl groups is 1. The van der Waals surface area contributed by atoms with Crippen molar-refractivity contribution in [2.24, 2.45) is 0 Å². The summed E-state index contributed by atoms with van der Waals surface area (Å²) in [5.74, 6) is -0.259. The Labute approximate surface area is 261 Å². The highest BCUT2D eigenvalue weighted by molar-refractivity contribution is 6.04. The predicted octanol–water partition coefficient (Wildman–Crippen LogP) is 4.15. The largest absolute Gasteiger partial charge is 0.497 e. The second kappa shape index (κ2) is 17.2. The standard InChI is InChI=1S/C35H46N4O5/c1-6-16-39(17-7-2)35(43)29-21-27(20-28(22-29)34(42)38(3)4)33(41)37-31(19-25-12-9-8-10-13-25)32(40)24-36-23-26-14-11-15-30(18-26)44-5/h8-15,18,20-22,31-32,36,40H,6-7,16-17,19,23-24H2,1-5H3,(H,37,41). The molecule has 0 aliphatic heterocycles. The van der Waals surface area contributed by atoms with Gasteiger partial charge in [-0.15, -0.1) is 0 Å². The number of nitrogens with one attached hydrogen (secondary N) is 2. The number of ether oxygens (including phenoxy) is 1. The van der Waals surface area contributed by atoms with E-state index in [9.17, 15) is 19.5 Å². The molecule has 236 valence electrons. The number of rotatable bonds is 16. The molecule has 0 aliphatic rings. The first kappa shape index (κ1) is 34.3. The lowest BCUT2D eigenvalue weighted by molar-refractivity contribution is 0.0755. The first-order valence-corrected chi connectivity index (χ1v) is 15.2. The molecule has 3 rings (SSSR count). The van der Waals surface area contributed by atoms with Crippen molar-refractivity contribution in [3.63, 3.8) is 0 Å². The van der Waals surface area contributed by atoms with Gasteiger partial charge in [-0.25, -0.2) is 0 Å². The van der Waals surface area contributed by atoms with Crippen LogP contribution in [0, 0.1) is 0 Å². The maximum absolute atomic E-state index is 13.8. The SMILES string of the molecule is CCCN(CCC)C(=O)c1cc(C(=O)NC(Cc2ccccc2)C(O)CNCc2cccc(OC)c2)cc(C(=O)N(C)C)c1. The number of nitrogens with zero attached hydrogens (tertiary/aromatic N) is 2. The summed E-state index contributed by atoms with van der Waals surface area (Å²) >= 11 is 0. The highest BCUT2D eigenvalue weighted by Gasteiger charge is 2.25. The van der Waals surface area contributed by atoms with Crippen molar-refractivity contribution in [3.05, 3.63) is 101 Å². The van der Waals surface area contributed by atoms with Gasteiger partial charge in [-0.2, -0.15) is 0 Å². The first-order chi connectivity index (χ1) is 21.2. The van der Waals surface area contributed by atoms with Crippen molar-refractivity contribution in [3.8, 4) is 5.75 Å². The summed E-state index contributed by atoms with van der Waals surface area (Å²) in [5.41, 5.74) is 2.67. The minimum atomic E-state index is -0.929. The maximum atomic E-state index is 13.8. The van der Waals surface area contributed by atoms with E-state index in [0.29, 0.717) is 26.1 Å². The van der Waals surface area contributed by atoms with Crippen LogP contribution in [0.4, 0.5) is 0 Å². The molecule has 3 amide bonds. The van der Waals surface area contributed by atoms with Crippen LogP contribution in [-0.2, 0) is 13.0 Å². The van der Waals surface area contributed by atoms with Crippen LogP contribution >= 0.6 is 0 Å². The molecule has 3 aromatic rings. The molecule has 0 heterocycles. The van der Waals surface area contributed by atoms with E-state index in [0.717, 1.165) is 29.7 Å². The Morgan fingerprint density at radius 2 is 1.43 bits per heavy atom. The molecule has 0 saturated carbocycles. The van der Waals surface area contributed by atoms with Gasteiger partial charge in [0.05, 0.1) is 19.3 Å². The third-order valence-corrected chi connectivity index (χ3v) is 7.27. The van der Waals surface area contributed by atoms with Gasteiger partial charge in [0, 0.05) is 57.0 Å². The average Bonchev–Trinajstić information content (AvgIpc) is 3.03. The first-order valence-electron chi connectivity index (χ1n) is 15.2. The van der Waals surface area contributed by atoms with Crippen molar-refractivity contribution in [2.75, 3.05) is 40.8 Å². The summed E-state index contributed by atoms with van der Waals surface area (Å²) in [4.78, 5) is 43.4. The number of amides is 3. The van der Waals surface area contributed by atoms with E-state index in [1.807, 2.05) is 68.4 Å². The Morgan fingerprint density at radius 1 is 0.818 bits per heavy atom. The van der Waals surface area contributed by atoms with E-state index < -0.39 is 18.1 Å². The van der Waals surface area contributed by atoms with E-state index in [-0.39, 0.29) is 35.0 Å². The van der Waals surface area contributed by atoms with E-state index >= 15 is 0 Å². The fourth-order valence-electron chi connectivity index (χ4n) is 4.99. The van der Waals surface area contributed by atoms with Gasteiger partial charge in [-0.05, 0) is 60.7 Å². The molecule has 44 heavy (non-hydrogen) atoms. The number of carbonyl (C=O) groups excluding carboxylic acids is 3. The van der Waals surface area contributed by atoms with Gasteiger partial charge in [0.25, 0.3) is 17.7 Å². The van der Waals surface area contributed by atoms with E-state index in [4.69, 9.17) is 4.74 Å². The van der Waals surface area contributed by atoms with Gasteiger partial charge in [0.15, 0.2) is 0 Å². The molecule has 3 N–H and O–H groups in total. The number of methoxy groups -OCH3 is 1. The van der Waals surface area contributed by atoms with Gasteiger partial charge < -0.3 is 30.3 Å². The van der Waals surface area contributed by atoms with Gasteiger partial charge in [-0.3, -0.25) is 14.4 Å². The second-order valence-corrected chi connectivity index (χ2v) is 11.1. The fourth-order valence-corrected chi connectivity index (χ4v) is 4.99. The highest BCUT2D eigenvalue weighted by atomic mass is 16.5. The summed E-state index contributed by atoms with van der Waals surface area (Å²) in [7, 11) is 4.87. The fraction of sp³-hybridized carbons (Fsp3) is 0.400. The summed E-state index contributed by atoms with van der Waals surface area (Å²) in [6.45, 7) is 5.89. The zero-order chi connectivity index (χ0) is 32.1. The van der Waals surface area contributed by atoms with Crippen LogP contribution in [0.15, 0.2) is 72.8 Å². The molecular weight excluding hydrogens is 556 g/mol. The molecule has 2 unspecified atom stereocenters. The lowest BCUT2D eigenvalue weighted by Crippen LogP contribution is -2.48.